The molecule has 92 valence electrons. The number of aryl methyl sites for hydroxylation is 1. The molecular formula is C14H18O3. The van der Waals surface area contributed by atoms with Crippen LogP contribution in [-0.4, -0.2) is 24.9 Å². The quantitative estimate of drug-likeness (QED) is 0.871. The molecule has 3 heteroatoms. The zero-order valence-electron chi connectivity index (χ0n) is 9.95. The molecule has 0 radical (unpaired) electrons. The summed E-state index contributed by atoms with van der Waals surface area (Å²) >= 11 is 0. The van der Waals surface area contributed by atoms with Crippen molar-refractivity contribution in [3.8, 4) is 11.5 Å². The fourth-order valence-electron chi connectivity index (χ4n) is 2.19. The molecule has 0 atom stereocenters. The second-order valence-electron chi connectivity index (χ2n) is 5.19. The summed E-state index contributed by atoms with van der Waals surface area (Å²) in [4.78, 5) is 0. The molecule has 1 aromatic rings. The van der Waals surface area contributed by atoms with Crippen LogP contribution in [0.2, 0.25) is 0 Å². The van der Waals surface area contributed by atoms with Crippen molar-refractivity contribution in [2.24, 2.45) is 5.41 Å². The van der Waals surface area contributed by atoms with E-state index >= 15 is 0 Å². The molecule has 1 N–H and O–H groups in total. The Hall–Kier alpha value is -1.22. The minimum atomic E-state index is 0.234. The van der Waals surface area contributed by atoms with Gasteiger partial charge in [0.05, 0.1) is 13.2 Å². The third kappa shape index (κ3) is 2.25. The number of benzene rings is 1. The number of hydrogen-bond acceptors (Lipinski definition) is 3. The number of rotatable bonds is 3. The Labute approximate surface area is 101 Å². The summed E-state index contributed by atoms with van der Waals surface area (Å²) in [6, 6.07) is 6.10. The van der Waals surface area contributed by atoms with Crippen molar-refractivity contribution < 1.29 is 14.6 Å². The first-order valence-electron chi connectivity index (χ1n) is 6.31. The second kappa shape index (κ2) is 4.22. The van der Waals surface area contributed by atoms with Crippen molar-refractivity contribution in [2.45, 2.75) is 25.7 Å². The van der Waals surface area contributed by atoms with Gasteiger partial charge in [0.25, 0.3) is 0 Å². The van der Waals surface area contributed by atoms with Gasteiger partial charge in [-0.05, 0) is 43.4 Å². The van der Waals surface area contributed by atoms with Crippen LogP contribution in [0.4, 0.5) is 0 Å². The highest BCUT2D eigenvalue weighted by Gasteiger charge is 2.46. The Morgan fingerprint density at radius 1 is 1.12 bits per heavy atom. The molecule has 0 bridgehead atoms. The summed E-state index contributed by atoms with van der Waals surface area (Å²) in [5.41, 5.74) is 1.50. The van der Waals surface area contributed by atoms with E-state index in [0.717, 1.165) is 37.6 Å². The molecule has 0 saturated heterocycles. The Morgan fingerprint density at radius 3 is 2.59 bits per heavy atom. The third-order valence-corrected chi connectivity index (χ3v) is 3.66. The van der Waals surface area contributed by atoms with Crippen LogP contribution in [0.1, 0.15) is 24.8 Å². The summed E-state index contributed by atoms with van der Waals surface area (Å²) < 4.78 is 11.7. The molecule has 2 aliphatic rings. The van der Waals surface area contributed by atoms with Crippen LogP contribution in [-0.2, 0) is 6.42 Å². The molecule has 1 aliphatic heterocycles. The average Bonchev–Trinajstić information content (AvgIpc) is 3.15. The summed E-state index contributed by atoms with van der Waals surface area (Å²) in [6.45, 7) is 1.80. The summed E-state index contributed by atoms with van der Waals surface area (Å²) in [5, 5.41) is 8.83. The molecule has 0 aromatic heterocycles. The average molecular weight is 234 g/mol. The fraction of sp³-hybridized carbons (Fsp3) is 0.571. The normalized spacial score (nSPS) is 20.1. The first-order chi connectivity index (χ1) is 8.31. The molecule has 1 fully saturated rings. The number of aliphatic hydroxyl groups is 1. The molecule has 1 spiro atoms. The lowest BCUT2D eigenvalue weighted by Crippen LogP contribution is -2.17. The molecule has 1 saturated carbocycles. The van der Waals surface area contributed by atoms with Crippen molar-refractivity contribution in [1.82, 2.24) is 0 Å². The van der Waals surface area contributed by atoms with Gasteiger partial charge in [-0.25, -0.2) is 0 Å². The number of hydrogen-bond donors (Lipinski definition) is 1. The maximum Gasteiger partial charge on any atom is 0.161 e. The van der Waals surface area contributed by atoms with E-state index < -0.39 is 0 Å². The van der Waals surface area contributed by atoms with E-state index in [1.54, 1.807) is 0 Å². The highest BCUT2D eigenvalue weighted by Crippen LogP contribution is 2.49. The van der Waals surface area contributed by atoms with Gasteiger partial charge in [0.2, 0.25) is 0 Å². The highest BCUT2D eigenvalue weighted by molar-refractivity contribution is 5.43. The zero-order chi connectivity index (χ0) is 11.7. The SMILES string of the molecule is OCCCc1ccc2c(c1)OCC1(CC1)CO2. The Morgan fingerprint density at radius 2 is 1.88 bits per heavy atom. The second-order valence-corrected chi connectivity index (χ2v) is 5.19. The number of aliphatic hydroxyl groups excluding tert-OH is 1. The van der Waals surface area contributed by atoms with Crippen molar-refractivity contribution in [3.63, 3.8) is 0 Å². The summed E-state index contributed by atoms with van der Waals surface area (Å²) in [5.74, 6) is 1.73. The molecular weight excluding hydrogens is 216 g/mol. The number of fused-ring (bicyclic) bond motifs is 1. The molecule has 17 heavy (non-hydrogen) atoms. The van der Waals surface area contributed by atoms with Gasteiger partial charge in [-0.1, -0.05) is 6.07 Å². The van der Waals surface area contributed by atoms with E-state index in [1.807, 2.05) is 12.1 Å². The molecule has 1 heterocycles. The van der Waals surface area contributed by atoms with Gasteiger partial charge < -0.3 is 14.6 Å². The molecule has 1 aromatic carbocycles. The van der Waals surface area contributed by atoms with E-state index in [1.165, 1.54) is 18.4 Å². The van der Waals surface area contributed by atoms with Crippen LogP contribution in [0.5, 0.6) is 11.5 Å². The predicted molar refractivity (Wildman–Crippen MR) is 64.5 cm³/mol. The van der Waals surface area contributed by atoms with Gasteiger partial charge in [-0.15, -0.1) is 0 Å². The molecule has 3 nitrogen and oxygen atoms in total. The summed E-state index contributed by atoms with van der Waals surface area (Å²) in [7, 11) is 0. The smallest absolute Gasteiger partial charge is 0.161 e. The van der Waals surface area contributed by atoms with Gasteiger partial charge in [-0.3, -0.25) is 0 Å². The topological polar surface area (TPSA) is 38.7 Å². The molecule has 3 rings (SSSR count). The highest BCUT2D eigenvalue weighted by atomic mass is 16.5. The van der Waals surface area contributed by atoms with Crippen LogP contribution >= 0.6 is 0 Å². The first kappa shape index (κ1) is 10.9. The van der Waals surface area contributed by atoms with Gasteiger partial charge in [0.1, 0.15) is 0 Å². The molecule has 0 amide bonds. The maximum atomic E-state index is 8.83. The standard InChI is InChI=1S/C14H18O3/c15-7-1-2-11-3-4-12-13(8-11)17-10-14(5-6-14)9-16-12/h3-4,8,15H,1-2,5-7,9-10H2. The van der Waals surface area contributed by atoms with Crippen LogP contribution in [0.25, 0.3) is 0 Å². The van der Waals surface area contributed by atoms with E-state index in [2.05, 4.69) is 6.07 Å². The lowest BCUT2D eigenvalue weighted by molar-refractivity contribution is 0.197. The Balaban J connectivity index is 1.76. The largest absolute Gasteiger partial charge is 0.489 e. The van der Waals surface area contributed by atoms with Crippen molar-refractivity contribution in [2.75, 3.05) is 19.8 Å². The van der Waals surface area contributed by atoms with E-state index in [-0.39, 0.29) is 6.61 Å². The van der Waals surface area contributed by atoms with Crippen LogP contribution in [0, 0.1) is 5.41 Å². The zero-order valence-corrected chi connectivity index (χ0v) is 9.95. The van der Waals surface area contributed by atoms with Gasteiger partial charge in [0.15, 0.2) is 11.5 Å². The lowest BCUT2D eigenvalue weighted by atomic mass is 10.1. The third-order valence-electron chi connectivity index (χ3n) is 3.66. The minimum absolute atomic E-state index is 0.234. The van der Waals surface area contributed by atoms with Crippen LogP contribution < -0.4 is 9.47 Å². The van der Waals surface area contributed by atoms with Gasteiger partial charge >= 0.3 is 0 Å². The van der Waals surface area contributed by atoms with E-state index in [4.69, 9.17) is 14.6 Å². The first-order valence-corrected chi connectivity index (χ1v) is 6.31. The van der Waals surface area contributed by atoms with Crippen molar-refractivity contribution in [3.05, 3.63) is 23.8 Å². The van der Waals surface area contributed by atoms with E-state index in [0.29, 0.717) is 5.41 Å². The Bertz CT molecular complexity index is 410. The van der Waals surface area contributed by atoms with Gasteiger partial charge in [0, 0.05) is 12.0 Å². The monoisotopic (exact) mass is 234 g/mol. The molecule has 0 unspecified atom stereocenters. The minimum Gasteiger partial charge on any atom is -0.489 e. The van der Waals surface area contributed by atoms with Gasteiger partial charge in [-0.2, -0.15) is 0 Å². The fourth-order valence-corrected chi connectivity index (χ4v) is 2.19. The van der Waals surface area contributed by atoms with E-state index in [9.17, 15) is 0 Å². The summed E-state index contributed by atoms with van der Waals surface area (Å²) in [6.07, 6.45) is 4.12. The van der Waals surface area contributed by atoms with Crippen LogP contribution in [0.15, 0.2) is 18.2 Å². The van der Waals surface area contributed by atoms with Crippen molar-refractivity contribution in [1.29, 1.82) is 0 Å². The predicted octanol–water partition coefficient (Wildman–Crippen LogP) is 2.16. The lowest BCUT2D eigenvalue weighted by Gasteiger charge is -2.09. The number of ether oxygens (including phenoxy) is 2. The molecule has 1 aliphatic carbocycles. The van der Waals surface area contributed by atoms with Crippen molar-refractivity contribution >= 4 is 0 Å². The Kier molecular flexibility index (Phi) is 2.71. The maximum absolute atomic E-state index is 8.83. The van der Waals surface area contributed by atoms with Crippen LogP contribution in [0.3, 0.4) is 0 Å².